The molecule has 0 unspecified atom stereocenters. The fraction of sp³-hybridized carbons (Fsp3) is 0.562. The quantitative estimate of drug-likeness (QED) is 0.581. The van der Waals surface area contributed by atoms with Crippen molar-refractivity contribution in [1.82, 2.24) is 0 Å². The maximum atomic E-state index is 8.79. The number of hydrogen-bond acceptors (Lipinski definition) is 1. The van der Waals surface area contributed by atoms with Gasteiger partial charge in [-0.25, -0.2) is 4.58 Å². The molecule has 2 heteroatoms. The van der Waals surface area contributed by atoms with Gasteiger partial charge >= 0.3 is 0 Å². The topological polar surface area (TPSA) is 23.2 Å². The number of aliphatic hydroxyl groups is 1. The van der Waals surface area contributed by atoms with Crippen molar-refractivity contribution in [2.45, 2.75) is 33.1 Å². The zero-order valence-electron chi connectivity index (χ0n) is 11.9. The molecule has 0 amide bonds. The number of hydrogen-bond donors (Lipinski definition) is 1. The second kappa shape index (κ2) is 8.04. The first kappa shape index (κ1) is 14.9. The van der Waals surface area contributed by atoms with Crippen LogP contribution in [0.15, 0.2) is 24.3 Å². The average Bonchev–Trinajstić information content (AvgIpc) is 2.34. The van der Waals surface area contributed by atoms with E-state index in [2.05, 4.69) is 56.0 Å². The largest absolute Gasteiger partial charge is 0.396 e. The molecule has 0 radical (unpaired) electrons. The minimum Gasteiger partial charge on any atom is -0.396 e. The van der Waals surface area contributed by atoms with Gasteiger partial charge in [0.15, 0.2) is 0 Å². The van der Waals surface area contributed by atoms with E-state index in [0.29, 0.717) is 5.92 Å². The van der Waals surface area contributed by atoms with Gasteiger partial charge in [0.25, 0.3) is 0 Å². The molecule has 0 aliphatic heterocycles. The van der Waals surface area contributed by atoms with Gasteiger partial charge in [0.05, 0.1) is 0 Å². The predicted octanol–water partition coefficient (Wildman–Crippen LogP) is 2.52. The van der Waals surface area contributed by atoms with Crippen LogP contribution in [0.3, 0.4) is 0 Å². The molecule has 18 heavy (non-hydrogen) atoms. The first-order valence-electron chi connectivity index (χ1n) is 6.85. The second-order valence-electron chi connectivity index (χ2n) is 5.27. The lowest BCUT2D eigenvalue weighted by atomic mass is 10.1. The Labute approximate surface area is 111 Å². The lowest BCUT2D eigenvalue weighted by molar-refractivity contribution is -0.493. The van der Waals surface area contributed by atoms with E-state index < -0.39 is 0 Å². The minimum absolute atomic E-state index is 0.275. The van der Waals surface area contributed by atoms with Gasteiger partial charge < -0.3 is 5.11 Å². The van der Waals surface area contributed by atoms with Crippen molar-refractivity contribution in [2.24, 2.45) is 5.92 Å². The standard InChI is InChI=1S/C16H26NO/c1-14(2)13-17(3)11-10-16-8-6-15(7-9-16)5-4-12-18/h6-9,13-14,18H,4-5,10-12H2,1-3H3/q+1. The number of rotatable bonds is 7. The van der Waals surface area contributed by atoms with E-state index in [1.54, 1.807) is 0 Å². The van der Waals surface area contributed by atoms with Crippen LogP contribution in [-0.4, -0.2) is 36.1 Å². The molecule has 0 saturated carbocycles. The first-order chi connectivity index (χ1) is 8.61. The second-order valence-corrected chi connectivity index (χ2v) is 5.27. The summed E-state index contributed by atoms with van der Waals surface area (Å²) in [6.07, 6.45) is 5.17. The van der Waals surface area contributed by atoms with Gasteiger partial charge in [-0.1, -0.05) is 38.1 Å². The lowest BCUT2D eigenvalue weighted by Gasteiger charge is -2.03. The monoisotopic (exact) mass is 248 g/mol. The van der Waals surface area contributed by atoms with Gasteiger partial charge in [-0.3, -0.25) is 0 Å². The van der Waals surface area contributed by atoms with Gasteiger partial charge in [-0.05, 0) is 24.0 Å². The molecule has 0 atom stereocenters. The van der Waals surface area contributed by atoms with Crippen LogP contribution in [-0.2, 0) is 12.8 Å². The van der Waals surface area contributed by atoms with E-state index >= 15 is 0 Å². The van der Waals surface area contributed by atoms with Crippen LogP contribution in [0.5, 0.6) is 0 Å². The number of nitrogens with zero attached hydrogens (tertiary/aromatic N) is 1. The Bertz CT molecular complexity index is 365. The summed E-state index contributed by atoms with van der Waals surface area (Å²) in [5.41, 5.74) is 2.70. The van der Waals surface area contributed by atoms with Crippen LogP contribution in [0.1, 0.15) is 31.4 Å². The number of aliphatic hydroxyl groups excluding tert-OH is 1. The molecule has 0 fully saturated rings. The zero-order chi connectivity index (χ0) is 13.4. The molecule has 1 aromatic rings. The average molecular weight is 248 g/mol. The third-order valence-corrected chi connectivity index (χ3v) is 2.95. The van der Waals surface area contributed by atoms with E-state index in [-0.39, 0.29) is 6.61 Å². The maximum Gasteiger partial charge on any atom is 0.146 e. The highest BCUT2D eigenvalue weighted by Crippen LogP contribution is 2.07. The van der Waals surface area contributed by atoms with Gasteiger partial charge in [0.2, 0.25) is 0 Å². The van der Waals surface area contributed by atoms with Gasteiger partial charge in [0.1, 0.15) is 19.8 Å². The Morgan fingerprint density at radius 3 is 2.17 bits per heavy atom. The van der Waals surface area contributed by atoms with Gasteiger partial charge in [-0.15, -0.1) is 0 Å². The van der Waals surface area contributed by atoms with E-state index in [4.69, 9.17) is 5.11 Å². The molecule has 0 aliphatic carbocycles. The smallest absolute Gasteiger partial charge is 0.146 e. The summed E-state index contributed by atoms with van der Waals surface area (Å²) in [7, 11) is 2.13. The van der Waals surface area contributed by atoms with Crippen LogP contribution in [0, 0.1) is 5.92 Å². The van der Waals surface area contributed by atoms with E-state index in [0.717, 1.165) is 25.8 Å². The molecule has 0 saturated heterocycles. The van der Waals surface area contributed by atoms with Crippen LogP contribution in [0.4, 0.5) is 0 Å². The molecule has 0 aliphatic rings. The molecule has 0 spiro atoms. The highest BCUT2D eigenvalue weighted by atomic mass is 16.2. The first-order valence-corrected chi connectivity index (χ1v) is 6.85. The molecular formula is C16H26NO+. The van der Waals surface area contributed by atoms with Crippen molar-refractivity contribution >= 4 is 6.21 Å². The Hall–Kier alpha value is -1.15. The van der Waals surface area contributed by atoms with E-state index in [9.17, 15) is 0 Å². The number of aryl methyl sites for hydroxylation is 1. The lowest BCUT2D eigenvalue weighted by Crippen LogP contribution is -2.13. The molecule has 100 valence electrons. The van der Waals surface area contributed by atoms with Crippen LogP contribution < -0.4 is 0 Å². The minimum atomic E-state index is 0.275. The Morgan fingerprint density at radius 2 is 1.67 bits per heavy atom. The summed E-state index contributed by atoms with van der Waals surface area (Å²) < 4.78 is 2.27. The maximum absolute atomic E-state index is 8.79. The molecule has 0 aromatic heterocycles. The Morgan fingerprint density at radius 1 is 1.11 bits per heavy atom. The Balaban J connectivity index is 2.44. The molecular weight excluding hydrogens is 222 g/mol. The van der Waals surface area contributed by atoms with Gasteiger partial charge in [-0.2, -0.15) is 0 Å². The summed E-state index contributed by atoms with van der Waals surface area (Å²) in [5.74, 6) is 0.607. The van der Waals surface area contributed by atoms with Crippen molar-refractivity contribution in [3.05, 3.63) is 35.4 Å². The van der Waals surface area contributed by atoms with Crippen LogP contribution in [0.2, 0.25) is 0 Å². The number of benzene rings is 1. The molecule has 0 heterocycles. The third kappa shape index (κ3) is 5.97. The SMILES string of the molecule is CC(C)C=[N+](C)CCc1ccc(CCCO)cc1. The molecule has 1 N–H and O–H groups in total. The molecule has 1 aromatic carbocycles. The summed E-state index contributed by atoms with van der Waals surface area (Å²) in [6.45, 7) is 5.74. The van der Waals surface area contributed by atoms with Crippen molar-refractivity contribution in [1.29, 1.82) is 0 Å². The van der Waals surface area contributed by atoms with Crippen molar-refractivity contribution in [2.75, 3.05) is 20.2 Å². The zero-order valence-corrected chi connectivity index (χ0v) is 11.9. The van der Waals surface area contributed by atoms with Crippen LogP contribution in [0.25, 0.3) is 0 Å². The highest BCUT2D eigenvalue weighted by Gasteiger charge is 2.01. The fourth-order valence-corrected chi connectivity index (χ4v) is 2.04. The Kier molecular flexibility index (Phi) is 6.66. The molecule has 0 bridgehead atoms. The molecule has 1 rings (SSSR count). The third-order valence-electron chi connectivity index (χ3n) is 2.95. The van der Waals surface area contributed by atoms with E-state index in [1.807, 2.05) is 0 Å². The highest BCUT2D eigenvalue weighted by molar-refractivity contribution is 5.53. The van der Waals surface area contributed by atoms with Crippen molar-refractivity contribution in [3.63, 3.8) is 0 Å². The predicted molar refractivity (Wildman–Crippen MR) is 77.5 cm³/mol. The summed E-state index contributed by atoms with van der Waals surface area (Å²) in [4.78, 5) is 0. The number of likely N-dealkylation sites (N-methyl/N-ethyl adjacent to an activating group) is 1. The van der Waals surface area contributed by atoms with Crippen molar-refractivity contribution < 1.29 is 9.68 Å². The molecule has 2 nitrogen and oxygen atoms in total. The fourth-order valence-electron chi connectivity index (χ4n) is 2.04. The summed E-state index contributed by atoms with van der Waals surface area (Å²) >= 11 is 0. The normalized spacial score (nSPS) is 12.2. The van der Waals surface area contributed by atoms with Gasteiger partial charge in [0, 0.05) is 18.9 Å². The summed E-state index contributed by atoms with van der Waals surface area (Å²) in [6, 6.07) is 8.76. The van der Waals surface area contributed by atoms with E-state index in [1.165, 1.54) is 11.1 Å². The van der Waals surface area contributed by atoms with Crippen LogP contribution >= 0.6 is 0 Å². The summed E-state index contributed by atoms with van der Waals surface area (Å²) in [5, 5.41) is 8.79. The van der Waals surface area contributed by atoms with Crippen molar-refractivity contribution in [3.8, 4) is 0 Å².